The molecule has 2 unspecified atom stereocenters. The van der Waals surface area contributed by atoms with Crippen molar-refractivity contribution in [1.29, 1.82) is 0 Å². The van der Waals surface area contributed by atoms with Crippen LogP contribution in [0.15, 0.2) is 0 Å². The van der Waals surface area contributed by atoms with Crippen molar-refractivity contribution in [3.63, 3.8) is 0 Å². The third kappa shape index (κ3) is 6.37. The molecule has 0 spiro atoms. The first-order valence-electron chi connectivity index (χ1n) is 5.45. The molecule has 0 aliphatic heterocycles. The Morgan fingerprint density at radius 2 is 2.00 bits per heavy atom. The minimum absolute atomic E-state index is 0.0646. The van der Waals surface area contributed by atoms with Crippen molar-refractivity contribution in [1.82, 2.24) is 10.6 Å². The highest BCUT2D eigenvalue weighted by molar-refractivity contribution is 5.83. The van der Waals surface area contributed by atoms with Crippen molar-refractivity contribution in [2.75, 3.05) is 0 Å². The van der Waals surface area contributed by atoms with Crippen LogP contribution in [0.4, 0.5) is 4.79 Å². The summed E-state index contributed by atoms with van der Waals surface area (Å²) in [5, 5.41) is 13.5. The first kappa shape index (κ1) is 15.8. The van der Waals surface area contributed by atoms with Gasteiger partial charge in [0, 0.05) is 6.42 Å². The molecule has 0 rings (SSSR count). The van der Waals surface area contributed by atoms with Gasteiger partial charge in [-0.3, -0.25) is 4.79 Å². The summed E-state index contributed by atoms with van der Waals surface area (Å²) in [5.41, 5.74) is 4.91. The van der Waals surface area contributed by atoms with E-state index in [4.69, 9.17) is 17.3 Å². The molecular formula is C11H17N3O4. The molecule has 0 bridgehead atoms. The van der Waals surface area contributed by atoms with Gasteiger partial charge in [0.25, 0.3) is 0 Å². The van der Waals surface area contributed by atoms with E-state index in [9.17, 15) is 14.4 Å². The SMILES string of the molecule is C#CC(CC)NC(=O)NC(CCC(N)=O)C(=O)O. The highest BCUT2D eigenvalue weighted by Gasteiger charge is 2.21. The van der Waals surface area contributed by atoms with Crippen LogP contribution in [0.1, 0.15) is 26.2 Å². The van der Waals surface area contributed by atoms with Crippen molar-refractivity contribution in [3.8, 4) is 12.3 Å². The van der Waals surface area contributed by atoms with E-state index < -0.39 is 30.0 Å². The summed E-state index contributed by atoms with van der Waals surface area (Å²) < 4.78 is 0. The molecule has 0 aromatic rings. The number of hydrogen-bond donors (Lipinski definition) is 4. The second-order valence-corrected chi connectivity index (χ2v) is 3.64. The fraction of sp³-hybridized carbons (Fsp3) is 0.545. The van der Waals surface area contributed by atoms with Gasteiger partial charge in [-0.1, -0.05) is 12.8 Å². The molecule has 5 N–H and O–H groups in total. The summed E-state index contributed by atoms with van der Waals surface area (Å²) in [6.07, 6.45) is 5.50. The summed E-state index contributed by atoms with van der Waals surface area (Å²) >= 11 is 0. The van der Waals surface area contributed by atoms with E-state index in [-0.39, 0.29) is 12.8 Å². The van der Waals surface area contributed by atoms with Crippen LogP contribution in [0.2, 0.25) is 0 Å². The van der Waals surface area contributed by atoms with Crippen molar-refractivity contribution in [2.45, 2.75) is 38.3 Å². The monoisotopic (exact) mass is 255 g/mol. The molecule has 0 aromatic carbocycles. The van der Waals surface area contributed by atoms with Gasteiger partial charge < -0.3 is 21.5 Å². The largest absolute Gasteiger partial charge is 0.480 e. The molecule has 7 heteroatoms. The number of urea groups is 1. The maximum absolute atomic E-state index is 11.4. The summed E-state index contributed by atoms with van der Waals surface area (Å²) in [6, 6.07) is -2.32. The third-order valence-electron chi connectivity index (χ3n) is 2.20. The van der Waals surface area contributed by atoms with E-state index in [1.54, 1.807) is 6.92 Å². The van der Waals surface area contributed by atoms with Gasteiger partial charge in [-0.15, -0.1) is 6.42 Å². The molecule has 0 fully saturated rings. The van der Waals surface area contributed by atoms with Crippen LogP contribution in [0, 0.1) is 12.3 Å². The first-order valence-corrected chi connectivity index (χ1v) is 5.45. The number of terminal acetylenes is 1. The Balaban J connectivity index is 4.32. The Morgan fingerprint density at radius 3 is 2.39 bits per heavy atom. The Labute approximate surface area is 105 Å². The molecule has 0 heterocycles. The van der Waals surface area contributed by atoms with Crippen LogP contribution in [-0.4, -0.2) is 35.1 Å². The number of carbonyl (C=O) groups is 3. The maximum Gasteiger partial charge on any atom is 0.326 e. The summed E-state index contributed by atoms with van der Waals surface area (Å²) in [6.45, 7) is 1.78. The van der Waals surface area contributed by atoms with Crippen molar-refractivity contribution in [2.24, 2.45) is 5.73 Å². The number of carbonyl (C=O) groups excluding carboxylic acids is 2. The number of amides is 3. The molecule has 18 heavy (non-hydrogen) atoms. The van der Waals surface area contributed by atoms with E-state index in [0.717, 1.165) is 0 Å². The second kappa shape index (κ2) is 7.95. The Kier molecular flexibility index (Phi) is 6.96. The highest BCUT2D eigenvalue weighted by Crippen LogP contribution is 1.98. The fourth-order valence-corrected chi connectivity index (χ4v) is 1.16. The van der Waals surface area contributed by atoms with E-state index in [0.29, 0.717) is 6.42 Å². The van der Waals surface area contributed by atoms with Gasteiger partial charge in [0.2, 0.25) is 5.91 Å². The van der Waals surface area contributed by atoms with E-state index in [2.05, 4.69) is 16.6 Å². The van der Waals surface area contributed by atoms with Crippen molar-refractivity contribution >= 4 is 17.9 Å². The van der Waals surface area contributed by atoms with E-state index in [1.807, 2.05) is 0 Å². The van der Waals surface area contributed by atoms with Gasteiger partial charge >= 0.3 is 12.0 Å². The fourth-order valence-electron chi connectivity index (χ4n) is 1.16. The lowest BCUT2D eigenvalue weighted by Gasteiger charge is -2.16. The molecule has 0 saturated heterocycles. The van der Waals surface area contributed by atoms with E-state index in [1.165, 1.54) is 0 Å². The van der Waals surface area contributed by atoms with Gasteiger partial charge in [0.15, 0.2) is 0 Å². The lowest BCUT2D eigenvalue weighted by atomic mass is 10.1. The van der Waals surface area contributed by atoms with Crippen molar-refractivity contribution < 1.29 is 19.5 Å². The van der Waals surface area contributed by atoms with Crippen molar-refractivity contribution in [3.05, 3.63) is 0 Å². The minimum atomic E-state index is -1.24. The zero-order chi connectivity index (χ0) is 14.1. The van der Waals surface area contributed by atoms with Gasteiger partial charge in [-0.05, 0) is 12.8 Å². The number of nitrogens with two attached hydrogens (primary N) is 1. The number of carboxylic acids is 1. The number of primary amides is 1. The number of nitrogens with one attached hydrogen (secondary N) is 2. The van der Waals surface area contributed by atoms with Gasteiger partial charge in [0.1, 0.15) is 6.04 Å². The second-order valence-electron chi connectivity index (χ2n) is 3.64. The van der Waals surface area contributed by atoms with Crippen LogP contribution >= 0.6 is 0 Å². The van der Waals surface area contributed by atoms with Gasteiger partial charge in [0.05, 0.1) is 6.04 Å². The molecule has 0 aromatic heterocycles. The quantitative estimate of drug-likeness (QED) is 0.454. The number of hydrogen-bond acceptors (Lipinski definition) is 3. The molecule has 0 aliphatic rings. The lowest BCUT2D eigenvalue weighted by Crippen LogP contribution is -2.48. The van der Waals surface area contributed by atoms with Gasteiger partial charge in [-0.25, -0.2) is 9.59 Å². The van der Waals surface area contributed by atoms with Crippen LogP contribution < -0.4 is 16.4 Å². The molecular weight excluding hydrogens is 238 g/mol. The molecule has 0 aliphatic carbocycles. The predicted molar refractivity (Wildman–Crippen MR) is 64.4 cm³/mol. The van der Waals surface area contributed by atoms with Gasteiger partial charge in [-0.2, -0.15) is 0 Å². The normalized spacial score (nSPS) is 12.9. The Morgan fingerprint density at radius 1 is 1.39 bits per heavy atom. The molecule has 3 amide bonds. The summed E-state index contributed by atoms with van der Waals surface area (Å²) in [7, 11) is 0. The zero-order valence-corrected chi connectivity index (χ0v) is 10.1. The number of carboxylic acid groups (broad SMARTS) is 1. The maximum atomic E-state index is 11.4. The smallest absolute Gasteiger partial charge is 0.326 e. The number of rotatable bonds is 7. The lowest BCUT2D eigenvalue weighted by molar-refractivity contribution is -0.139. The van der Waals surface area contributed by atoms with E-state index >= 15 is 0 Å². The molecule has 0 saturated carbocycles. The number of aliphatic carboxylic acids is 1. The topological polar surface area (TPSA) is 122 Å². The molecule has 0 radical (unpaired) electrons. The predicted octanol–water partition coefficient (Wildman–Crippen LogP) is -0.584. The minimum Gasteiger partial charge on any atom is -0.480 e. The highest BCUT2D eigenvalue weighted by atomic mass is 16.4. The third-order valence-corrected chi connectivity index (χ3v) is 2.20. The standard InChI is InChI=1S/C11H17N3O4/c1-3-7(4-2)13-11(18)14-8(10(16)17)5-6-9(12)15/h1,7-8H,4-6H2,2H3,(H2,12,15)(H,16,17)(H2,13,14,18). The zero-order valence-electron chi connectivity index (χ0n) is 10.1. The Bertz CT molecular complexity index is 362. The van der Waals surface area contributed by atoms with Crippen LogP contribution in [0.25, 0.3) is 0 Å². The van der Waals surface area contributed by atoms with Crippen LogP contribution in [0.3, 0.4) is 0 Å². The molecule has 7 nitrogen and oxygen atoms in total. The first-order chi connectivity index (χ1) is 8.40. The van der Waals surface area contributed by atoms with Crippen LogP contribution in [0.5, 0.6) is 0 Å². The summed E-state index contributed by atoms with van der Waals surface area (Å²) in [4.78, 5) is 32.8. The Hall–Kier alpha value is -2.23. The summed E-state index contributed by atoms with van der Waals surface area (Å²) in [5.74, 6) is 0.480. The average Bonchev–Trinajstić information content (AvgIpc) is 2.30. The average molecular weight is 255 g/mol. The molecule has 100 valence electrons. The van der Waals surface area contributed by atoms with Crippen LogP contribution in [-0.2, 0) is 9.59 Å². The molecule has 2 atom stereocenters.